The summed E-state index contributed by atoms with van der Waals surface area (Å²) in [6, 6.07) is 11.5. The van der Waals surface area contributed by atoms with E-state index in [0.29, 0.717) is 11.4 Å². The minimum absolute atomic E-state index is 0.673. The van der Waals surface area contributed by atoms with E-state index in [2.05, 4.69) is 0 Å². The van der Waals surface area contributed by atoms with Crippen molar-refractivity contribution in [1.29, 1.82) is 0 Å². The molecule has 0 heterocycles. The normalized spacial score (nSPS) is 10.2. The molecule has 0 aromatic heterocycles. The molecule has 0 radical (unpaired) electrons. The maximum absolute atomic E-state index is 5.99. The molecule has 3 nitrogen and oxygen atoms in total. The van der Waals surface area contributed by atoms with Crippen LogP contribution in [0.5, 0.6) is 5.75 Å². The first-order chi connectivity index (χ1) is 8.11. The van der Waals surface area contributed by atoms with Crippen molar-refractivity contribution in [1.82, 2.24) is 0 Å². The Bertz CT molecular complexity index is 550. The van der Waals surface area contributed by atoms with E-state index in [0.717, 1.165) is 22.4 Å². The van der Waals surface area contributed by atoms with E-state index in [1.807, 2.05) is 37.3 Å². The molecule has 0 unspecified atom stereocenters. The Kier molecular flexibility index (Phi) is 2.91. The molecule has 0 saturated carbocycles. The third-order valence-corrected chi connectivity index (χ3v) is 2.81. The zero-order chi connectivity index (χ0) is 12.4. The summed E-state index contributed by atoms with van der Waals surface area (Å²) in [7, 11) is 1.65. The van der Waals surface area contributed by atoms with E-state index < -0.39 is 0 Å². The van der Waals surface area contributed by atoms with Crippen molar-refractivity contribution in [3.05, 3.63) is 42.0 Å². The van der Waals surface area contributed by atoms with Gasteiger partial charge in [-0.25, -0.2) is 0 Å². The van der Waals surface area contributed by atoms with Crippen LogP contribution in [0.4, 0.5) is 11.4 Å². The molecule has 2 rings (SSSR count). The van der Waals surface area contributed by atoms with Crippen molar-refractivity contribution in [3.8, 4) is 16.9 Å². The lowest BCUT2D eigenvalue weighted by atomic mass is 9.98. The summed E-state index contributed by atoms with van der Waals surface area (Å²) >= 11 is 0. The Morgan fingerprint density at radius 3 is 2.35 bits per heavy atom. The SMILES string of the molecule is COc1ccc(C)c(-c2ccc(N)cc2N)c1. The van der Waals surface area contributed by atoms with Crippen LogP contribution in [0.25, 0.3) is 11.1 Å². The number of hydrogen-bond donors (Lipinski definition) is 2. The summed E-state index contributed by atoms with van der Waals surface area (Å²) in [5, 5.41) is 0. The second kappa shape index (κ2) is 4.37. The van der Waals surface area contributed by atoms with Crippen LogP contribution in [0.2, 0.25) is 0 Å². The molecule has 4 N–H and O–H groups in total. The predicted octanol–water partition coefficient (Wildman–Crippen LogP) is 2.84. The molecular formula is C14H16N2O. The average molecular weight is 228 g/mol. The van der Waals surface area contributed by atoms with Gasteiger partial charge in [0.15, 0.2) is 0 Å². The summed E-state index contributed by atoms with van der Waals surface area (Å²) in [6.45, 7) is 2.05. The molecule has 0 spiro atoms. The van der Waals surface area contributed by atoms with Crippen LogP contribution in [0.15, 0.2) is 36.4 Å². The summed E-state index contributed by atoms with van der Waals surface area (Å²) in [6.07, 6.45) is 0. The quantitative estimate of drug-likeness (QED) is 0.777. The highest BCUT2D eigenvalue weighted by atomic mass is 16.5. The van der Waals surface area contributed by atoms with Crippen molar-refractivity contribution in [2.45, 2.75) is 6.92 Å². The molecule has 0 aliphatic rings. The van der Waals surface area contributed by atoms with Gasteiger partial charge >= 0.3 is 0 Å². The van der Waals surface area contributed by atoms with Crippen LogP contribution in [0.1, 0.15) is 5.56 Å². The lowest BCUT2D eigenvalue weighted by Gasteiger charge is -2.11. The third kappa shape index (κ3) is 2.18. The van der Waals surface area contributed by atoms with E-state index in [4.69, 9.17) is 16.2 Å². The number of nitrogen functional groups attached to an aromatic ring is 2. The maximum Gasteiger partial charge on any atom is 0.119 e. The minimum Gasteiger partial charge on any atom is -0.497 e. The third-order valence-electron chi connectivity index (χ3n) is 2.81. The van der Waals surface area contributed by atoms with Gasteiger partial charge in [-0.05, 0) is 42.3 Å². The fourth-order valence-corrected chi connectivity index (χ4v) is 1.84. The maximum atomic E-state index is 5.99. The number of benzene rings is 2. The van der Waals surface area contributed by atoms with Gasteiger partial charge in [-0.2, -0.15) is 0 Å². The smallest absolute Gasteiger partial charge is 0.119 e. The molecule has 2 aromatic rings. The first-order valence-corrected chi connectivity index (χ1v) is 5.42. The van der Waals surface area contributed by atoms with Gasteiger partial charge in [-0.3, -0.25) is 0 Å². The van der Waals surface area contributed by atoms with E-state index in [1.54, 1.807) is 13.2 Å². The molecule has 3 heteroatoms. The predicted molar refractivity (Wildman–Crippen MR) is 72.0 cm³/mol. The van der Waals surface area contributed by atoms with Crippen molar-refractivity contribution in [2.75, 3.05) is 18.6 Å². The number of nitrogens with two attached hydrogens (primary N) is 2. The van der Waals surface area contributed by atoms with Crippen LogP contribution < -0.4 is 16.2 Å². The molecule has 0 amide bonds. The summed E-state index contributed by atoms with van der Waals surface area (Å²) in [5.74, 6) is 0.821. The fraction of sp³-hybridized carbons (Fsp3) is 0.143. The van der Waals surface area contributed by atoms with Crippen LogP contribution >= 0.6 is 0 Å². The standard InChI is InChI=1S/C14H16N2O/c1-9-3-5-11(17-2)8-13(9)12-6-4-10(15)7-14(12)16/h3-8H,15-16H2,1-2H3. The van der Waals surface area contributed by atoms with Crippen LogP contribution in [0, 0.1) is 6.92 Å². The van der Waals surface area contributed by atoms with Gasteiger partial charge in [-0.15, -0.1) is 0 Å². The molecule has 17 heavy (non-hydrogen) atoms. The Hall–Kier alpha value is -2.16. The molecule has 88 valence electrons. The number of hydrogen-bond acceptors (Lipinski definition) is 3. The molecule has 0 bridgehead atoms. The lowest BCUT2D eigenvalue weighted by Crippen LogP contribution is -1.95. The highest BCUT2D eigenvalue weighted by Gasteiger charge is 2.07. The zero-order valence-corrected chi connectivity index (χ0v) is 10.0. The molecule has 0 aliphatic carbocycles. The van der Waals surface area contributed by atoms with Gasteiger partial charge in [0.25, 0.3) is 0 Å². The van der Waals surface area contributed by atoms with Gasteiger partial charge in [0, 0.05) is 16.9 Å². The van der Waals surface area contributed by atoms with Crippen LogP contribution in [-0.2, 0) is 0 Å². The molecule has 0 aliphatic heterocycles. The topological polar surface area (TPSA) is 61.3 Å². The largest absolute Gasteiger partial charge is 0.497 e. The Morgan fingerprint density at radius 2 is 1.71 bits per heavy atom. The zero-order valence-electron chi connectivity index (χ0n) is 10.0. The first kappa shape index (κ1) is 11.3. The molecular weight excluding hydrogens is 212 g/mol. The van der Waals surface area contributed by atoms with Gasteiger partial charge < -0.3 is 16.2 Å². The highest BCUT2D eigenvalue weighted by molar-refractivity contribution is 5.81. The monoisotopic (exact) mass is 228 g/mol. The Labute approximate surface area is 101 Å². The molecule has 2 aromatic carbocycles. The minimum atomic E-state index is 0.673. The van der Waals surface area contributed by atoms with Gasteiger partial charge in [-0.1, -0.05) is 12.1 Å². The number of methoxy groups -OCH3 is 1. The molecule has 0 atom stereocenters. The van der Waals surface area contributed by atoms with Crippen LogP contribution in [-0.4, -0.2) is 7.11 Å². The van der Waals surface area contributed by atoms with Gasteiger partial charge in [0.2, 0.25) is 0 Å². The van der Waals surface area contributed by atoms with Crippen molar-refractivity contribution >= 4 is 11.4 Å². The van der Waals surface area contributed by atoms with Crippen molar-refractivity contribution < 1.29 is 4.74 Å². The summed E-state index contributed by atoms with van der Waals surface area (Å²) in [4.78, 5) is 0. The van der Waals surface area contributed by atoms with Crippen LogP contribution in [0.3, 0.4) is 0 Å². The molecule has 0 saturated heterocycles. The van der Waals surface area contributed by atoms with Gasteiger partial charge in [0.05, 0.1) is 7.11 Å². The first-order valence-electron chi connectivity index (χ1n) is 5.42. The molecule has 0 fully saturated rings. The van der Waals surface area contributed by atoms with E-state index in [-0.39, 0.29) is 0 Å². The Morgan fingerprint density at radius 1 is 0.941 bits per heavy atom. The Balaban J connectivity index is 2.59. The number of anilines is 2. The van der Waals surface area contributed by atoms with Crippen molar-refractivity contribution in [3.63, 3.8) is 0 Å². The van der Waals surface area contributed by atoms with Crippen molar-refractivity contribution in [2.24, 2.45) is 0 Å². The van der Waals surface area contributed by atoms with Gasteiger partial charge in [0.1, 0.15) is 5.75 Å². The lowest BCUT2D eigenvalue weighted by molar-refractivity contribution is 0.415. The second-order valence-electron chi connectivity index (χ2n) is 4.03. The number of ether oxygens (including phenoxy) is 1. The summed E-state index contributed by atoms with van der Waals surface area (Å²) < 4.78 is 5.23. The van der Waals surface area contributed by atoms with E-state index in [1.165, 1.54) is 0 Å². The van der Waals surface area contributed by atoms with E-state index >= 15 is 0 Å². The highest BCUT2D eigenvalue weighted by Crippen LogP contribution is 2.32. The number of rotatable bonds is 2. The average Bonchev–Trinajstić information content (AvgIpc) is 2.30. The number of aryl methyl sites for hydroxylation is 1. The second-order valence-corrected chi connectivity index (χ2v) is 4.03. The summed E-state index contributed by atoms with van der Waals surface area (Å²) in [5.41, 5.74) is 16.3. The fourth-order valence-electron chi connectivity index (χ4n) is 1.84. The van der Waals surface area contributed by atoms with E-state index in [9.17, 15) is 0 Å².